The zero-order valence-corrected chi connectivity index (χ0v) is 21.3. The van der Waals surface area contributed by atoms with Crippen molar-refractivity contribution < 1.29 is 18.0 Å². The number of sulfonamides is 1. The Kier molecular flexibility index (Phi) is 10.0. The van der Waals surface area contributed by atoms with Crippen LogP contribution in [0.3, 0.4) is 0 Å². The molecule has 2 rings (SSSR count). The van der Waals surface area contributed by atoms with Crippen molar-refractivity contribution in [3.05, 3.63) is 64.1 Å². The van der Waals surface area contributed by atoms with Gasteiger partial charge in [-0.3, -0.25) is 13.9 Å². The third-order valence-electron chi connectivity index (χ3n) is 5.04. The predicted molar refractivity (Wildman–Crippen MR) is 133 cm³/mol. The molecule has 1 atom stereocenters. The Labute approximate surface area is 205 Å². The first-order chi connectivity index (χ1) is 15.5. The molecule has 180 valence electrons. The molecule has 0 aliphatic carbocycles. The number of carbonyl (C=O) groups excluding carboxylic acids is 2. The van der Waals surface area contributed by atoms with Crippen LogP contribution in [0.25, 0.3) is 0 Å². The van der Waals surface area contributed by atoms with E-state index >= 15 is 0 Å². The summed E-state index contributed by atoms with van der Waals surface area (Å²) in [5.74, 6) is -0.492. The minimum Gasteiger partial charge on any atom is -0.355 e. The molecule has 33 heavy (non-hydrogen) atoms. The molecule has 0 saturated heterocycles. The van der Waals surface area contributed by atoms with E-state index in [-0.39, 0.29) is 48.5 Å². The van der Waals surface area contributed by atoms with Crippen LogP contribution in [0.2, 0.25) is 10.0 Å². The highest BCUT2D eigenvalue weighted by Crippen LogP contribution is 2.31. The standard InChI is InChI=1S/C23H29Cl2N3O4S/c1-4-26-23(30)17(2)27(16-18-9-6-5-7-10-18)22(29)11-8-14-28(33(3,31)32)21-15-19(24)12-13-20(21)25/h5-7,9-10,12-13,15,17H,4,8,11,14,16H2,1-3H3,(H,26,30)/t17-/m1/s1. The fraction of sp³-hybridized carbons (Fsp3) is 0.391. The Morgan fingerprint density at radius 2 is 1.76 bits per heavy atom. The number of nitrogens with zero attached hydrogens (tertiary/aromatic N) is 2. The van der Waals surface area contributed by atoms with E-state index in [4.69, 9.17) is 23.2 Å². The molecule has 1 N–H and O–H groups in total. The topological polar surface area (TPSA) is 86.8 Å². The molecule has 10 heteroatoms. The van der Waals surface area contributed by atoms with E-state index in [1.54, 1.807) is 13.0 Å². The van der Waals surface area contributed by atoms with Crippen LogP contribution >= 0.6 is 23.2 Å². The van der Waals surface area contributed by atoms with Crippen LogP contribution in [0, 0.1) is 0 Å². The highest BCUT2D eigenvalue weighted by atomic mass is 35.5. The second kappa shape index (κ2) is 12.3. The van der Waals surface area contributed by atoms with E-state index in [0.717, 1.165) is 16.1 Å². The van der Waals surface area contributed by atoms with Crippen LogP contribution in [0.5, 0.6) is 0 Å². The molecule has 0 heterocycles. The zero-order valence-electron chi connectivity index (χ0n) is 18.9. The van der Waals surface area contributed by atoms with Crippen molar-refractivity contribution in [2.75, 3.05) is 23.7 Å². The van der Waals surface area contributed by atoms with Gasteiger partial charge in [-0.25, -0.2) is 8.42 Å². The number of halogens is 2. The summed E-state index contributed by atoms with van der Waals surface area (Å²) in [5.41, 5.74) is 1.15. The number of rotatable bonds is 11. The molecule has 7 nitrogen and oxygen atoms in total. The van der Waals surface area contributed by atoms with Crippen molar-refractivity contribution in [3.8, 4) is 0 Å². The van der Waals surface area contributed by atoms with E-state index < -0.39 is 16.1 Å². The molecule has 0 radical (unpaired) electrons. The maximum absolute atomic E-state index is 13.1. The molecule has 2 amide bonds. The van der Waals surface area contributed by atoms with Crippen molar-refractivity contribution in [2.45, 2.75) is 39.3 Å². The fourth-order valence-corrected chi connectivity index (χ4v) is 4.75. The summed E-state index contributed by atoms with van der Waals surface area (Å²) in [6, 6.07) is 13.3. The van der Waals surface area contributed by atoms with Gasteiger partial charge in [-0.2, -0.15) is 0 Å². The summed E-state index contributed by atoms with van der Waals surface area (Å²) >= 11 is 12.2. The van der Waals surface area contributed by atoms with Gasteiger partial charge in [0.2, 0.25) is 21.8 Å². The number of anilines is 1. The Hall–Kier alpha value is -2.29. The van der Waals surface area contributed by atoms with E-state index in [9.17, 15) is 18.0 Å². The Bertz CT molecular complexity index is 1060. The summed E-state index contributed by atoms with van der Waals surface area (Å²) in [7, 11) is -3.66. The van der Waals surface area contributed by atoms with Crippen LogP contribution in [-0.4, -0.2) is 50.5 Å². The minimum atomic E-state index is -3.66. The van der Waals surface area contributed by atoms with E-state index in [2.05, 4.69) is 5.32 Å². The quantitative estimate of drug-likeness (QED) is 0.490. The second-order valence-corrected chi connectivity index (χ2v) is 10.4. The third kappa shape index (κ3) is 7.91. The smallest absolute Gasteiger partial charge is 0.242 e. The average molecular weight is 514 g/mol. The first-order valence-corrected chi connectivity index (χ1v) is 13.2. The van der Waals surface area contributed by atoms with Gasteiger partial charge in [0.25, 0.3) is 0 Å². The monoisotopic (exact) mass is 513 g/mol. The lowest BCUT2D eigenvalue weighted by molar-refractivity contribution is -0.140. The summed E-state index contributed by atoms with van der Waals surface area (Å²) < 4.78 is 25.9. The number of hydrogen-bond donors (Lipinski definition) is 1. The Morgan fingerprint density at radius 1 is 1.09 bits per heavy atom. The van der Waals surface area contributed by atoms with Gasteiger partial charge >= 0.3 is 0 Å². The maximum Gasteiger partial charge on any atom is 0.242 e. The van der Waals surface area contributed by atoms with Crippen LogP contribution in [-0.2, 0) is 26.2 Å². The molecule has 0 unspecified atom stereocenters. The van der Waals surface area contributed by atoms with Crippen molar-refractivity contribution in [1.29, 1.82) is 0 Å². The van der Waals surface area contributed by atoms with Crippen molar-refractivity contribution in [2.24, 2.45) is 0 Å². The summed E-state index contributed by atoms with van der Waals surface area (Å²) in [6.07, 6.45) is 1.37. The van der Waals surface area contributed by atoms with Crippen LogP contribution in [0.4, 0.5) is 5.69 Å². The van der Waals surface area contributed by atoms with Gasteiger partial charge in [0.15, 0.2) is 0 Å². The number of likely N-dealkylation sites (N-methyl/N-ethyl adjacent to an activating group) is 1. The molecule has 0 fully saturated rings. The largest absolute Gasteiger partial charge is 0.355 e. The average Bonchev–Trinajstić information content (AvgIpc) is 2.76. The zero-order chi connectivity index (χ0) is 24.6. The van der Waals surface area contributed by atoms with Gasteiger partial charge in [0.1, 0.15) is 6.04 Å². The van der Waals surface area contributed by atoms with E-state index in [1.165, 1.54) is 17.0 Å². The fourth-order valence-electron chi connectivity index (χ4n) is 3.34. The minimum absolute atomic E-state index is 0.0410. The van der Waals surface area contributed by atoms with Crippen molar-refractivity contribution in [1.82, 2.24) is 10.2 Å². The third-order valence-corrected chi connectivity index (χ3v) is 6.78. The summed E-state index contributed by atoms with van der Waals surface area (Å²) in [4.78, 5) is 27.1. The molecule has 0 saturated carbocycles. The first kappa shape index (κ1) is 27.0. The first-order valence-electron chi connectivity index (χ1n) is 10.6. The van der Waals surface area contributed by atoms with E-state index in [1.807, 2.05) is 37.3 Å². The second-order valence-electron chi connectivity index (χ2n) is 7.61. The Morgan fingerprint density at radius 3 is 2.36 bits per heavy atom. The van der Waals surface area contributed by atoms with Crippen LogP contribution in [0.15, 0.2) is 48.5 Å². The molecule has 0 aromatic heterocycles. The molecule has 0 bridgehead atoms. The van der Waals surface area contributed by atoms with Crippen molar-refractivity contribution in [3.63, 3.8) is 0 Å². The maximum atomic E-state index is 13.1. The number of carbonyl (C=O) groups is 2. The van der Waals surface area contributed by atoms with E-state index in [0.29, 0.717) is 11.6 Å². The van der Waals surface area contributed by atoms with Gasteiger partial charge in [0.05, 0.1) is 17.0 Å². The normalized spacial score (nSPS) is 12.2. The van der Waals surface area contributed by atoms with Crippen LogP contribution < -0.4 is 9.62 Å². The van der Waals surface area contributed by atoms with Gasteiger partial charge in [-0.1, -0.05) is 53.5 Å². The number of hydrogen-bond acceptors (Lipinski definition) is 4. The highest BCUT2D eigenvalue weighted by Gasteiger charge is 2.26. The Balaban J connectivity index is 2.16. The molecule has 0 spiro atoms. The molecule has 0 aliphatic heterocycles. The van der Waals surface area contributed by atoms with Gasteiger partial charge in [-0.15, -0.1) is 0 Å². The molecule has 0 aliphatic rings. The molecular formula is C23H29Cl2N3O4S. The predicted octanol–water partition coefficient (Wildman–Crippen LogP) is 4.09. The molecular weight excluding hydrogens is 485 g/mol. The summed E-state index contributed by atoms with van der Waals surface area (Å²) in [6.45, 7) is 4.27. The summed E-state index contributed by atoms with van der Waals surface area (Å²) in [5, 5.41) is 3.34. The van der Waals surface area contributed by atoms with Gasteiger partial charge in [-0.05, 0) is 44.0 Å². The van der Waals surface area contributed by atoms with Crippen LogP contribution in [0.1, 0.15) is 32.3 Å². The van der Waals surface area contributed by atoms with Gasteiger partial charge in [0, 0.05) is 31.1 Å². The lowest BCUT2D eigenvalue weighted by Gasteiger charge is -2.29. The highest BCUT2D eigenvalue weighted by molar-refractivity contribution is 7.92. The molecule has 2 aromatic rings. The lowest BCUT2D eigenvalue weighted by atomic mass is 10.1. The number of nitrogens with one attached hydrogen (secondary N) is 1. The molecule has 2 aromatic carbocycles. The van der Waals surface area contributed by atoms with Gasteiger partial charge < -0.3 is 10.2 Å². The SMILES string of the molecule is CCNC(=O)[C@@H](C)N(Cc1ccccc1)C(=O)CCCN(c1cc(Cl)ccc1Cl)S(C)(=O)=O. The van der Waals surface area contributed by atoms with Crippen molar-refractivity contribution >= 4 is 50.7 Å². The lowest BCUT2D eigenvalue weighted by Crippen LogP contribution is -2.47. The number of benzene rings is 2. The number of amides is 2.